The Morgan fingerprint density at radius 1 is 0.969 bits per heavy atom. The van der Waals surface area contributed by atoms with Crippen molar-refractivity contribution in [2.24, 2.45) is 0 Å². The van der Waals surface area contributed by atoms with Gasteiger partial charge in [0.1, 0.15) is 11.9 Å². The molecule has 5 nitrogen and oxygen atoms in total. The molecule has 2 atom stereocenters. The van der Waals surface area contributed by atoms with Gasteiger partial charge < -0.3 is 5.32 Å². The molecule has 0 saturated heterocycles. The second-order valence-corrected chi connectivity index (χ2v) is 9.91. The molecule has 2 N–H and O–H groups in total. The first kappa shape index (κ1) is 24.0. The third-order valence-electron chi connectivity index (χ3n) is 5.00. The van der Waals surface area contributed by atoms with Crippen LogP contribution >= 0.6 is 11.8 Å². The van der Waals surface area contributed by atoms with Gasteiger partial charge in [0.05, 0.1) is 10.9 Å². The average Bonchev–Trinajstić information content (AvgIpc) is 2.79. The van der Waals surface area contributed by atoms with Gasteiger partial charge in [0, 0.05) is 4.90 Å². The van der Waals surface area contributed by atoms with E-state index >= 15 is 0 Å². The third-order valence-corrected chi connectivity index (χ3v) is 7.23. The summed E-state index contributed by atoms with van der Waals surface area (Å²) in [4.78, 5) is 14.1. The quantitative estimate of drug-likeness (QED) is 0.455. The minimum Gasteiger partial charge on any atom is -0.348 e. The van der Waals surface area contributed by atoms with Crippen molar-refractivity contribution in [3.8, 4) is 0 Å². The van der Waals surface area contributed by atoms with Crippen LogP contribution in [0.15, 0.2) is 88.7 Å². The monoisotopic (exact) mass is 472 g/mol. The Morgan fingerprint density at radius 3 is 2.19 bits per heavy atom. The van der Waals surface area contributed by atoms with E-state index in [4.69, 9.17) is 0 Å². The van der Waals surface area contributed by atoms with E-state index in [0.29, 0.717) is 0 Å². The first-order valence-electron chi connectivity index (χ1n) is 10.0. The predicted octanol–water partition coefficient (Wildman–Crippen LogP) is 4.31. The summed E-state index contributed by atoms with van der Waals surface area (Å²) in [6, 6.07) is 20.1. The Bertz CT molecular complexity index is 1140. The zero-order valence-electron chi connectivity index (χ0n) is 17.8. The number of halogens is 1. The highest BCUT2D eigenvalue weighted by molar-refractivity contribution is 7.98. The number of hydrogen-bond donors (Lipinski definition) is 2. The van der Waals surface area contributed by atoms with Gasteiger partial charge >= 0.3 is 0 Å². The van der Waals surface area contributed by atoms with Crippen molar-refractivity contribution in [1.29, 1.82) is 0 Å². The maximum atomic E-state index is 13.2. The summed E-state index contributed by atoms with van der Waals surface area (Å²) in [7, 11) is -4.03. The SMILES string of the molecule is CSc1ccc(C(C)NC(=O)C(Cc2ccccc2)NS(=O)(=O)c2ccc(F)cc2)cc1. The summed E-state index contributed by atoms with van der Waals surface area (Å²) < 4.78 is 41.4. The number of sulfonamides is 1. The van der Waals surface area contributed by atoms with Crippen molar-refractivity contribution in [1.82, 2.24) is 10.0 Å². The second kappa shape index (κ2) is 10.8. The Hall–Kier alpha value is -2.68. The molecular formula is C24H25FN2O3S2. The lowest BCUT2D eigenvalue weighted by atomic mass is 10.0. The standard InChI is InChI=1S/C24H25FN2O3S2/c1-17(19-8-12-21(31-2)13-9-19)26-24(28)23(16-18-6-4-3-5-7-18)27-32(29,30)22-14-10-20(25)11-15-22/h3-15,17,23,27H,16H2,1-2H3,(H,26,28). The van der Waals surface area contributed by atoms with Gasteiger partial charge in [-0.3, -0.25) is 4.79 Å². The molecule has 168 valence electrons. The van der Waals surface area contributed by atoms with E-state index in [1.54, 1.807) is 11.8 Å². The highest BCUT2D eigenvalue weighted by Crippen LogP contribution is 2.19. The summed E-state index contributed by atoms with van der Waals surface area (Å²) in [5, 5.41) is 2.90. The number of thioether (sulfide) groups is 1. The maximum Gasteiger partial charge on any atom is 0.241 e. The first-order chi connectivity index (χ1) is 15.3. The normalized spacial score (nSPS) is 13.3. The van der Waals surface area contributed by atoms with Gasteiger partial charge in [-0.2, -0.15) is 4.72 Å². The minimum absolute atomic E-state index is 0.106. The fourth-order valence-electron chi connectivity index (χ4n) is 3.20. The van der Waals surface area contributed by atoms with Gasteiger partial charge in [-0.05, 0) is 67.1 Å². The Balaban J connectivity index is 1.81. The van der Waals surface area contributed by atoms with Crippen molar-refractivity contribution >= 4 is 27.7 Å². The molecule has 1 amide bonds. The number of carbonyl (C=O) groups excluding carboxylic acids is 1. The van der Waals surface area contributed by atoms with Crippen LogP contribution < -0.4 is 10.0 Å². The minimum atomic E-state index is -4.03. The fraction of sp³-hybridized carbons (Fsp3) is 0.208. The van der Waals surface area contributed by atoms with Crippen molar-refractivity contribution < 1.29 is 17.6 Å². The van der Waals surface area contributed by atoms with Gasteiger partial charge in [0.15, 0.2) is 0 Å². The lowest BCUT2D eigenvalue weighted by Crippen LogP contribution is -2.48. The fourth-order valence-corrected chi connectivity index (χ4v) is 4.80. The van der Waals surface area contributed by atoms with E-state index in [9.17, 15) is 17.6 Å². The molecule has 0 aliphatic carbocycles. The Kier molecular flexibility index (Phi) is 8.06. The summed E-state index contributed by atoms with van der Waals surface area (Å²) in [5.74, 6) is -0.982. The van der Waals surface area contributed by atoms with E-state index < -0.39 is 27.8 Å². The predicted molar refractivity (Wildman–Crippen MR) is 125 cm³/mol. The highest BCUT2D eigenvalue weighted by Gasteiger charge is 2.27. The van der Waals surface area contributed by atoms with Crippen LogP contribution in [0.3, 0.4) is 0 Å². The van der Waals surface area contributed by atoms with Crippen LogP contribution in [-0.2, 0) is 21.2 Å². The van der Waals surface area contributed by atoms with Crippen LogP contribution in [0.4, 0.5) is 4.39 Å². The Morgan fingerprint density at radius 2 is 1.59 bits per heavy atom. The van der Waals surface area contributed by atoms with Crippen LogP contribution in [0.2, 0.25) is 0 Å². The average molecular weight is 473 g/mol. The summed E-state index contributed by atoms with van der Waals surface area (Å²) in [6.45, 7) is 1.85. The van der Waals surface area contributed by atoms with Crippen molar-refractivity contribution in [3.05, 3.63) is 95.8 Å². The van der Waals surface area contributed by atoms with Crippen LogP contribution in [0.25, 0.3) is 0 Å². The zero-order valence-corrected chi connectivity index (χ0v) is 19.4. The van der Waals surface area contributed by atoms with Gasteiger partial charge in [-0.15, -0.1) is 11.8 Å². The smallest absolute Gasteiger partial charge is 0.241 e. The third kappa shape index (κ3) is 6.41. The molecule has 2 unspecified atom stereocenters. The second-order valence-electron chi connectivity index (χ2n) is 7.32. The molecule has 0 aromatic heterocycles. The van der Waals surface area contributed by atoms with Gasteiger partial charge in [-0.25, -0.2) is 12.8 Å². The van der Waals surface area contributed by atoms with Crippen molar-refractivity contribution in [3.63, 3.8) is 0 Å². The Labute approximate surface area is 192 Å². The van der Waals surface area contributed by atoms with E-state index in [2.05, 4.69) is 10.0 Å². The van der Waals surface area contributed by atoms with Gasteiger partial charge in [-0.1, -0.05) is 42.5 Å². The summed E-state index contributed by atoms with van der Waals surface area (Å²) >= 11 is 1.63. The number of nitrogens with one attached hydrogen (secondary N) is 2. The molecule has 8 heteroatoms. The zero-order chi connectivity index (χ0) is 23.1. The largest absolute Gasteiger partial charge is 0.348 e. The van der Waals surface area contributed by atoms with Crippen molar-refractivity contribution in [2.75, 3.05) is 6.26 Å². The van der Waals surface area contributed by atoms with E-state index in [0.717, 1.165) is 28.2 Å². The van der Waals surface area contributed by atoms with Gasteiger partial charge in [0.2, 0.25) is 15.9 Å². The maximum absolute atomic E-state index is 13.2. The molecule has 0 aliphatic heterocycles. The molecule has 0 saturated carbocycles. The molecular weight excluding hydrogens is 447 g/mol. The number of carbonyl (C=O) groups is 1. The summed E-state index contributed by atoms with van der Waals surface area (Å²) in [6.07, 6.45) is 2.16. The molecule has 0 bridgehead atoms. The van der Waals surface area contributed by atoms with Crippen LogP contribution in [-0.4, -0.2) is 26.6 Å². The van der Waals surface area contributed by atoms with Crippen LogP contribution in [0.5, 0.6) is 0 Å². The van der Waals surface area contributed by atoms with E-state index in [1.807, 2.05) is 67.8 Å². The number of rotatable bonds is 9. The molecule has 0 radical (unpaired) electrons. The number of amides is 1. The molecule has 0 heterocycles. The molecule has 0 spiro atoms. The number of benzene rings is 3. The van der Waals surface area contributed by atoms with Crippen LogP contribution in [0.1, 0.15) is 24.1 Å². The highest BCUT2D eigenvalue weighted by atomic mass is 32.2. The molecule has 32 heavy (non-hydrogen) atoms. The van der Waals surface area contributed by atoms with Crippen molar-refractivity contribution in [2.45, 2.75) is 35.2 Å². The molecule has 3 aromatic rings. The molecule has 0 aliphatic rings. The topological polar surface area (TPSA) is 75.3 Å². The molecule has 3 aromatic carbocycles. The molecule has 0 fully saturated rings. The van der Waals surface area contributed by atoms with Crippen LogP contribution in [0, 0.1) is 5.82 Å². The van der Waals surface area contributed by atoms with E-state index in [-0.39, 0.29) is 17.4 Å². The summed E-state index contributed by atoms with van der Waals surface area (Å²) in [5.41, 5.74) is 1.72. The first-order valence-corrected chi connectivity index (χ1v) is 12.8. The molecule has 3 rings (SSSR count). The van der Waals surface area contributed by atoms with E-state index in [1.165, 1.54) is 12.1 Å². The number of hydrogen-bond acceptors (Lipinski definition) is 4. The lowest BCUT2D eigenvalue weighted by Gasteiger charge is -2.22. The van der Waals surface area contributed by atoms with Gasteiger partial charge in [0.25, 0.3) is 0 Å². The lowest BCUT2D eigenvalue weighted by molar-refractivity contribution is -0.123.